The van der Waals surface area contributed by atoms with Gasteiger partial charge in [-0.15, -0.1) is 0 Å². The van der Waals surface area contributed by atoms with E-state index >= 15 is 4.39 Å². The Labute approximate surface area is 225 Å². The van der Waals surface area contributed by atoms with E-state index in [2.05, 4.69) is 0 Å². The molecule has 5 nitrogen and oxygen atoms in total. The molecule has 5 aromatic rings. The summed E-state index contributed by atoms with van der Waals surface area (Å²) in [5, 5.41) is 10.2. The number of benzene rings is 5. The number of aromatic carboxylic acids is 1. The van der Waals surface area contributed by atoms with Crippen LogP contribution < -0.4 is 14.2 Å². The van der Waals surface area contributed by atoms with Crippen LogP contribution in [0.15, 0.2) is 103 Å². The molecule has 0 saturated carbocycles. The molecule has 1 N–H and O–H groups in total. The van der Waals surface area contributed by atoms with Crippen LogP contribution in [0.2, 0.25) is 0 Å². The first-order chi connectivity index (χ1) is 19.3. The van der Waals surface area contributed by atoms with Gasteiger partial charge in [-0.2, -0.15) is 0 Å². The van der Waals surface area contributed by atoms with Crippen LogP contribution in [0.1, 0.15) is 10.4 Å². The molecule has 5 rings (SSSR count). The van der Waals surface area contributed by atoms with Crippen molar-refractivity contribution in [3.8, 4) is 45.6 Å². The maximum Gasteiger partial charge on any atom is 0.336 e. The number of rotatable bonds is 8. The van der Waals surface area contributed by atoms with Crippen molar-refractivity contribution in [2.24, 2.45) is 0 Å². The monoisotopic (exact) mass is 546 g/mol. The molecule has 0 heterocycles. The van der Waals surface area contributed by atoms with E-state index in [-0.39, 0.29) is 28.4 Å². The van der Waals surface area contributed by atoms with Gasteiger partial charge < -0.3 is 19.3 Å². The minimum Gasteiger partial charge on any atom is -0.478 e. The highest BCUT2D eigenvalue weighted by atomic mass is 19.1. The fourth-order valence-corrected chi connectivity index (χ4v) is 3.91. The molecule has 0 radical (unpaired) electrons. The molecule has 9 heteroatoms. The number of carboxylic acids is 1. The Kier molecular flexibility index (Phi) is 7.37. The molecular weight excluding hydrogens is 528 g/mol. The highest BCUT2D eigenvalue weighted by Crippen LogP contribution is 2.52. The third kappa shape index (κ3) is 5.30. The van der Waals surface area contributed by atoms with Crippen LogP contribution >= 0.6 is 0 Å². The smallest absolute Gasteiger partial charge is 0.336 e. The maximum atomic E-state index is 15.1. The summed E-state index contributed by atoms with van der Waals surface area (Å²) in [6.07, 6.45) is 0. The summed E-state index contributed by atoms with van der Waals surface area (Å²) in [5.41, 5.74) is -1.12. The first kappa shape index (κ1) is 26.3. The van der Waals surface area contributed by atoms with Crippen LogP contribution in [0, 0.1) is 23.3 Å². The molecule has 0 spiro atoms. The third-order valence-electron chi connectivity index (χ3n) is 5.73. The minimum atomic E-state index is -1.53. The molecule has 0 atom stereocenters. The Morgan fingerprint density at radius 1 is 0.525 bits per heavy atom. The van der Waals surface area contributed by atoms with Gasteiger partial charge in [-0.1, -0.05) is 54.6 Å². The lowest BCUT2D eigenvalue weighted by Gasteiger charge is -2.22. The Bertz CT molecular complexity index is 1720. The fourth-order valence-electron chi connectivity index (χ4n) is 3.91. The van der Waals surface area contributed by atoms with Crippen molar-refractivity contribution in [3.63, 3.8) is 0 Å². The molecule has 40 heavy (non-hydrogen) atoms. The number of ether oxygens (including phenoxy) is 3. The van der Waals surface area contributed by atoms with Gasteiger partial charge in [0.1, 0.15) is 5.82 Å². The van der Waals surface area contributed by atoms with Crippen molar-refractivity contribution in [2.75, 3.05) is 0 Å². The number of carbonyl (C=O) groups is 1. The van der Waals surface area contributed by atoms with Gasteiger partial charge >= 0.3 is 5.97 Å². The van der Waals surface area contributed by atoms with Gasteiger partial charge in [0.2, 0.25) is 5.75 Å². The minimum absolute atomic E-state index is 0.234. The maximum absolute atomic E-state index is 15.1. The number of hydrogen-bond acceptors (Lipinski definition) is 4. The van der Waals surface area contributed by atoms with Gasteiger partial charge in [-0.05, 0) is 42.5 Å². The zero-order valence-electron chi connectivity index (χ0n) is 20.4. The fraction of sp³-hybridized carbons (Fsp3) is 0. The Balaban J connectivity index is 1.87. The van der Waals surface area contributed by atoms with E-state index in [9.17, 15) is 23.1 Å². The summed E-state index contributed by atoms with van der Waals surface area (Å²) in [6.45, 7) is 0. The van der Waals surface area contributed by atoms with Gasteiger partial charge in [0.25, 0.3) is 0 Å². The van der Waals surface area contributed by atoms with Gasteiger partial charge in [-0.3, -0.25) is 0 Å². The van der Waals surface area contributed by atoms with Crippen molar-refractivity contribution in [1.29, 1.82) is 0 Å². The second kappa shape index (κ2) is 11.2. The highest BCUT2D eigenvalue weighted by Gasteiger charge is 2.30. The van der Waals surface area contributed by atoms with Crippen molar-refractivity contribution >= 4 is 5.97 Å². The lowest BCUT2D eigenvalue weighted by atomic mass is 9.96. The Morgan fingerprint density at radius 2 is 0.950 bits per heavy atom. The number of halogens is 4. The second-order valence-corrected chi connectivity index (χ2v) is 8.34. The van der Waals surface area contributed by atoms with Crippen LogP contribution in [-0.2, 0) is 0 Å². The highest BCUT2D eigenvalue weighted by molar-refractivity contribution is 6.00. The van der Waals surface area contributed by atoms with E-state index < -0.39 is 52.1 Å². The summed E-state index contributed by atoms with van der Waals surface area (Å²) in [7, 11) is 0. The van der Waals surface area contributed by atoms with Gasteiger partial charge in [0, 0.05) is 17.2 Å². The summed E-state index contributed by atoms with van der Waals surface area (Å²) < 4.78 is 76.7. The molecule has 0 fully saturated rings. The summed E-state index contributed by atoms with van der Waals surface area (Å²) in [6, 6.07) is 21.9. The molecule has 0 saturated heterocycles. The first-order valence-electron chi connectivity index (χ1n) is 11.8. The molecule has 0 amide bonds. The second-order valence-electron chi connectivity index (χ2n) is 8.34. The van der Waals surface area contributed by atoms with Crippen LogP contribution in [0.5, 0.6) is 34.5 Å². The van der Waals surface area contributed by atoms with E-state index in [1.54, 1.807) is 0 Å². The van der Waals surface area contributed by atoms with Crippen LogP contribution in [0.25, 0.3) is 11.1 Å². The molecule has 0 unspecified atom stereocenters. The third-order valence-corrected chi connectivity index (χ3v) is 5.73. The topological polar surface area (TPSA) is 65.0 Å². The summed E-state index contributed by atoms with van der Waals surface area (Å²) >= 11 is 0. The zero-order chi connectivity index (χ0) is 28.2. The predicted octanol–water partition coefficient (Wildman–Crippen LogP) is 8.99. The van der Waals surface area contributed by atoms with Gasteiger partial charge in [0.05, 0.1) is 5.56 Å². The largest absolute Gasteiger partial charge is 0.478 e. The lowest BCUT2D eigenvalue weighted by Crippen LogP contribution is -2.06. The van der Waals surface area contributed by atoms with Crippen LogP contribution in [-0.4, -0.2) is 11.1 Å². The van der Waals surface area contributed by atoms with Gasteiger partial charge in [0.15, 0.2) is 46.2 Å². The Morgan fingerprint density at radius 3 is 1.43 bits per heavy atom. The molecule has 200 valence electrons. The first-order valence-corrected chi connectivity index (χ1v) is 11.8. The molecule has 0 aromatic heterocycles. The van der Waals surface area contributed by atoms with Crippen LogP contribution in [0.4, 0.5) is 17.6 Å². The SMILES string of the molecule is O=C(O)c1cc(Oc2ccccc2F)c(Oc2ccccc2F)c(Oc2ccccc2F)c1-c1ccccc1F. The standard InChI is InChI=1S/C31H18F4O5/c32-20-10-2-1-9-18(20)28-19(31(36)37)17-27(38-24-14-6-3-11-21(24)33)29(39-25-15-7-4-12-22(25)34)30(28)40-26-16-8-5-13-23(26)35/h1-17H,(H,36,37). The normalized spacial score (nSPS) is 10.7. The van der Waals surface area contributed by atoms with E-state index in [0.29, 0.717) is 0 Å². The zero-order valence-corrected chi connectivity index (χ0v) is 20.4. The van der Waals surface area contributed by atoms with Crippen molar-refractivity contribution in [1.82, 2.24) is 0 Å². The number of carboxylic acid groups (broad SMARTS) is 1. The molecular formula is C31H18F4O5. The number of hydrogen-bond donors (Lipinski definition) is 1. The van der Waals surface area contributed by atoms with Gasteiger partial charge in [-0.25, -0.2) is 22.4 Å². The summed E-state index contributed by atoms with van der Waals surface area (Å²) in [5.74, 6) is -7.25. The van der Waals surface area contributed by atoms with Crippen molar-refractivity contribution in [2.45, 2.75) is 0 Å². The average molecular weight is 546 g/mol. The molecule has 0 bridgehead atoms. The van der Waals surface area contributed by atoms with E-state index in [0.717, 1.165) is 30.3 Å². The molecule has 5 aromatic carbocycles. The Hall–Kier alpha value is -5.31. The van der Waals surface area contributed by atoms with Crippen LogP contribution in [0.3, 0.4) is 0 Å². The van der Waals surface area contributed by atoms with Crippen molar-refractivity contribution in [3.05, 3.63) is 132 Å². The molecule has 0 aliphatic carbocycles. The predicted molar refractivity (Wildman–Crippen MR) is 138 cm³/mol. The average Bonchev–Trinajstić information content (AvgIpc) is 2.94. The number of para-hydroxylation sites is 3. The molecule has 0 aliphatic rings. The molecule has 0 aliphatic heterocycles. The quantitative estimate of drug-likeness (QED) is 0.197. The van der Waals surface area contributed by atoms with E-state index in [1.165, 1.54) is 72.8 Å². The lowest BCUT2D eigenvalue weighted by molar-refractivity contribution is 0.0697. The van der Waals surface area contributed by atoms with E-state index in [4.69, 9.17) is 14.2 Å². The van der Waals surface area contributed by atoms with E-state index in [1.807, 2.05) is 0 Å². The van der Waals surface area contributed by atoms with Crippen molar-refractivity contribution < 1.29 is 41.7 Å². The summed E-state index contributed by atoms with van der Waals surface area (Å²) in [4.78, 5) is 12.5.